The first-order chi connectivity index (χ1) is 15.2. The minimum Gasteiger partial charge on any atom is -0.350 e. The van der Waals surface area contributed by atoms with Gasteiger partial charge >= 0.3 is 6.18 Å². The molecule has 0 saturated carbocycles. The lowest BCUT2D eigenvalue weighted by Crippen LogP contribution is -2.26. The summed E-state index contributed by atoms with van der Waals surface area (Å²) in [6.07, 6.45) is -4.15. The summed E-state index contributed by atoms with van der Waals surface area (Å²) in [5, 5.41) is 6.97. The van der Waals surface area contributed by atoms with Gasteiger partial charge in [0.1, 0.15) is 0 Å². The molecule has 1 amide bonds. The van der Waals surface area contributed by atoms with Crippen LogP contribution in [0.1, 0.15) is 21.7 Å². The van der Waals surface area contributed by atoms with Gasteiger partial charge in [0.05, 0.1) is 15.7 Å². The van der Waals surface area contributed by atoms with Gasteiger partial charge in [0.25, 0.3) is 5.91 Å². The highest BCUT2D eigenvalue weighted by atomic mass is 35.5. The van der Waals surface area contributed by atoms with Gasteiger partial charge in [0.2, 0.25) is 0 Å². The van der Waals surface area contributed by atoms with Gasteiger partial charge in [0, 0.05) is 18.2 Å². The molecule has 0 spiro atoms. The Morgan fingerprint density at radius 2 is 1.75 bits per heavy atom. The number of benzene rings is 2. The number of rotatable bonds is 5. The summed E-state index contributed by atoms with van der Waals surface area (Å²) in [7, 11) is 0. The molecule has 0 aliphatic rings. The maximum absolute atomic E-state index is 13.7. The van der Waals surface area contributed by atoms with Crippen molar-refractivity contribution < 1.29 is 18.0 Å². The molecule has 4 aromatic rings. The molecular weight excluding hydrogens is 464 g/mol. The van der Waals surface area contributed by atoms with Gasteiger partial charge in [-0.15, -0.1) is 0 Å². The number of halogens is 5. The maximum atomic E-state index is 13.7. The van der Waals surface area contributed by atoms with E-state index >= 15 is 0 Å². The van der Waals surface area contributed by atoms with E-state index in [1.165, 1.54) is 24.3 Å². The summed E-state index contributed by atoms with van der Waals surface area (Å²) in [5.41, 5.74) is 0.0558. The first-order valence-electron chi connectivity index (χ1n) is 9.48. The van der Waals surface area contributed by atoms with Crippen molar-refractivity contribution in [2.75, 3.05) is 6.54 Å². The van der Waals surface area contributed by atoms with E-state index in [0.717, 1.165) is 11.6 Å². The number of amides is 1. The first kappa shape index (κ1) is 22.1. The van der Waals surface area contributed by atoms with Crippen LogP contribution < -0.4 is 5.32 Å². The highest BCUT2D eigenvalue weighted by Gasteiger charge is 2.35. The Balaban J connectivity index is 1.65. The Labute approximate surface area is 190 Å². The van der Waals surface area contributed by atoms with Gasteiger partial charge in [0.15, 0.2) is 17.0 Å². The van der Waals surface area contributed by atoms with Gasteiger partial charge < -0.3 is 5.32 Å². The molecule has 0 atom stereocenters. The molecule has 0 radical (unpaired) electrons. The van der Waals surface area contributed by atoms with Crippen LogP contribution in [0.2, 0.25) is 10.0 Å². The molecule has 10 heteroatoms. The molecule has 0 fully saturated rings. The second-order valence-electron chi connectivity index (χ2n) is 6.94. The molecule has 0 saturated heterocycles. The van der Waals surface area contributed by atoms with Crippen molar-refractivity contribution in [2.45, 2.75) is 12.6 Å². The lowest BCUT2D eigenvalue weighted by Gasteiger charge is -2.11. The molecule has 2 aromatic carbocycles. The zero-order chi connectivity index (χ0) is 22.9. The number of alkyl halides is 3. The summed E-state index contributed by atoms with van der Waals surface area (Å²) in [5.74, 6) is -0.587. The van der Waals surface area contributed by atoms with Crippen LogP contribution in [0.3, 0.4) is 0 Å². The third-order valence-electron chi connectivity index (χ3n) is 4.71. The fraction of sp³-hybridized carbons (Fsp3) is 0.136. The highest BCUT2D eigenvalue weighted by Crippen LogP contribution is 2.34. The third-order valence-corrected chi connectivity index (χ3v) is 5.45. The van der Waals surface area contributed by atoms with Gasteiger partial charge in [-0.25, -0.2) is 9.50 Å². The molecule has 0 aliphatic carbocycles. The van der Waals surface area contributed by atoms with E-state index in [1.54, 1.807) is 0 Å². The SMILES string of the molecule is O=C(NCCc1ccccc1)c1cc2nc(-c3ccc(Cl)c(Cl)c3)cc(C(F)(F)F)n2n1. The Hall–Kier alpha value is -3.10. The number of fused-ring (bicyclic) bond motifs is 1. The number of carbonyl (C=O) groups is 1. The van der Waals surface area contributed by atoms with Crippen LogP contribution in [-0.2, 0) is 12.6 Å². The molecule has 1 N–H and O–H groups in total. The van der Waals surface area contributed by atoms with E-state index in [9.17, 15) is 18.0 Å². The van der Waals surface area contributed by atoms with E-state index in [4.69, 9.17) is 23.2 Å². The molecule has 0 unspecified atom stereocenters. The standard InChI is InChI=1S/C22H15Cl2F3N4O/c23-15-7-6-14(10-16(15)24)17-11-19(22(25,26)27)31-20(29-17)12-18(30-31)21(32)28-9-8-13-4-2-1-3-5-13/h1-7,10-12H,8-9H2,(H,28,32). The van der Waals surface area contributed by atoms with Crippen molar-refractivity contribution in [3.8, 4) is 11.3 Å². The average Bonchev–Trinajstić information content (AvgIpc) is 3.19. The van der Waals surface area contributed by atoms with Crippen LogP contribution >= 0.6 is 23.2 Å². The minimum atomic E-state index is -4.72. The van der Waals surface area contributed by atoms with Crippen LogP contribution in [-0.4, -0.2) is 27.0 Å². The largest absolute Gasteiger partial charge is 0.433 e. The van der Waals surface area contributed by atoms with Crippen LogP contribution in [0.4, 0.5) is 13.2 Å². The Kier molecular flexibility index (Phi) is 6.08. The Morgan fingerprint density at radius 1 is 1.00 bits per heavy atom. The fourth-order valence-corrected chi connectivity index (χ4v) is 3.44. The number of carbonyl (C=O) groups excluding carboxylic acids is 1. The predicted molar refractivity (Wildman–Crippen MR) is 116 cm³/mol. The summed E-state index contributed by atoms with van der Waals surface area (Å²) in [6, 6.07) is 16.0. The number of nitrogens with zero attached hydrogens (tertiary/aromatic N) is 3. The van der Waals surface area contributed by atoms with Crippen molar-refractivity contribution in [1.82, 2.24) is 19.9 Å². The van der Waals surface area contributed by atoms with Crippen molar-refractivity contribution in [3.63, 3.8) is 0 Å². The zero-order valence-electron chi connectivity index (χ0n) is 16.3. The van der Waals surface area contributed by atoms with Gasteiger partial charge in [-0.05, 0) is 30.2 Å². The normalized spacial score (nSPS) is 11.7. The predicted octanol–water partition coefficient (Wildman–Crippen LogP) is 5.69. The monoisotopic (exact) mass is 478 g/mol. The number of hydrogen-bond acceptors (Lipinski definition) is 3. The molecule has 4 rings (SSSR count). The lowest BCUT2D eigenvalue weighted by molar-refractivity contribution is -0.142. The van der Waals surface area contributed by atoms with Crippen molar-refractivity contribution in [1.29, 1.82) is 0 Å². The van der Waals surface area contributed by atoms with Crippen LogP contribution in [0.5, 0.6) is 0 Å². The van der Waals surface area contributed by atoms with Gasteiger partial charge in [-0.3, -0.25) is 4.79 Å². The number of nitrogens with one attached hydrogen (secondary N) is 1. The Bertz CT molecular complexity index is 1290. The molecule has 32 heavy (non-hydrogen) atoms. The second kappa shape index (κ2) is 8.80. The van der Waals surface area contributed by atoms with Gasteiger partial charge in [-0.1, -0.05) is 59.6 Å². The van der Waals surface area contributed by atoms with Gasteiger partial charge in [-0.2, -0.15) is 18.3 Å². The number of hydrogen-bond donors (Lipinski definition) is 1. The van der Waals surface area contributed by atoms with E-state index in [-0.39, 0.29) is 27.1 Å². The topological polar surface area (TPSA) is 59.3 Å². The van der Waals surface area contributed by atoms with Crippen molar-refractivity contribution in [2.24, 2.45) is 0 Å². The van der Waals surface area contributed by atoms with Crippen LogP contribution in [0.15, 0.2) is 60.7 Å². The summed E-state index contributed by atoms with van der Waals surface area (Å²) < 4.78 is 41.8. The van der Waals surface area contributed by atoms with E-state index < -0.39 is 17.8 Å². The van der Waals surface area contributed by atoms with Crippen LogP contribution in [0.25, 0.3) is 16.9 Å². The highest BCUT2D eigenvalue weighted by molar-refractivity contribution is 6.42. The summed E-state index contributed by atoms with van der Waals surface area (Å²) in [4.78, 5) is 16.7. The molecular formula is C22H15Cl2F3N4O. The summed E-state index contributed by atoms with van der Waals surface area (Å²) in [6.45, 7) is 0.310. The molecule has 0 bridgehead atoms. The second-order valence-corrected chi connectivity index (χ2v) is 7.76. The Morgan fingerprint density at radius 3 is 2.44 bits per heavy atom. The molecule has 2 aromatic heterocycles. The third kappa shape index (κ3) is 4.71. The van der Waals surface area contributed by atoms with E-state index in [0.29, 0.717) is 23.0 Å². The quantitative estimate of drug-likeness (QED) is 0.400. The average molecular weight is 479 g/mol. The van der Waals surface area contributed by atoms with Crippen molar-refractivity contribution >= 4 is 34.8 Å². The summed E-state index contributed by atoms with van der Waals surface area (Å²) >= 11 is 11.9. The van der Waals surface area contributed by atoms with E-state index in [1.807, 2.05) is 30.3 Å². The molecule has 2 heterocycles. The smallest absolute Gasteiger partial charge is 0.350 e. The zero-order valence-corrected chi connectivity index (χ0v) is 17.8. The van der Waals surface area contributed by atoms with Crippen molar-refractivity contribution in [3.05, 3.63) is 87.7 Å². The fourth-order valence-electron chi connectivity index (χ4n) is 3.15. The molecule has 164 valence electrons. The lowest BCUT2D eigenvalue weighted by atomic mass is 10.1. The maximum Gasteiger partial charge on any atom is 0.433 e. The number of aromatic nitrogens is 3. The molecule has 5 nitrogen and oxygen atoms in total. The van der Waals surface area contributed by atoms with Crippen LogP contribution in [0, 0.1) is 0 Å². The minimum absolute atomic E-state index is 0.0272. The molecule has 0 aliphatic heterocycles. The van der Waals surface area contributed by atoms with E-state index in [2.05, 4.69) is 15.4 Å². The first-order valence-corrected chi connectivity index (χ1v) is 10.2.